The molecule has 1 saturated carbocycles. The van der Waals surface area contributed by atoms with Gasteiger partial charge in [0.15, 0.2) is 11.5 Å². The molecule has 3 heterocycles. The first kappa shape index (κ1) is 20.7. The van der Waals surface area contributed by atoms with Gasteiger partial charge in [0.1, 0.15) is 23.7 Å². The van der Waals surface area contributed by atoms with Crippen LogP contribution >= 0.6 is 0 Å². The number of nitrogens with zero attached hydrogens (tertiary/aromatic N) is 5. The number of hydrogen-bond donors (Lipinski definition) is 3. The lowest BCUT2D eigenvalue weighted by molar-refractivity contribution is -0.148. The Balaban J connectivity index is 1.57. The number of rotatable bonds is 7. The molecule has 10 nitrogen and oxygen atoms in total. The lowest BCUT2D eigenvalue weighted by atomic mass is 10.1. The number of carbonyl (C=O) groups excluding carboxylic acids is 1. The molecule has 1 aliphatic heterocycles. The second-order valence-electron chi connectivity index (χ2n) is 7.94. The molecule has 1 saturated heterocycles. The predicted octanol–water partition coefficient (Wildman–Crippen LogP) is 2.24. The van der Waals surface area contributed by atoms with E-state index in [-0.39, 0.29) is 17.9 Å². The van der Waals surface area contributed by atoms with Crippen LogP contribution in [0, 0.1) is 5.92 Å². The van der Waals surface area contributed by atoms with Gasteiger partial charge in [0.2, 0.25) is 5.91 Å². The molecule has 2 aromatic rings. The second-order valence-corrected chi connectivity index (χ2v) is 7.94. The summed E-state index contributed by atoms with van der Waals surface area (Å²) in [4.78, 5) is 46.2. The van der Waals surface area contributed by atoms with Gasteiger partial charge in [-0.05, 0) is 26.7 Å². The molecule has 2 aliphatic rings. The van der Waals surface area contributed by atoms with Crippen molar-refractivity contribution in [3.63, 3.8) is 0 Å². The van der Waals surface area contributed by atoms with Gasteiger partial charge in [0.25, 0.3) is 0 Å². The molecule has 2 fully saturated rings. The quantitative estimate of drug-likeness (QED) is 0.581. The van der Waals surface area contributed by atoms with Gasteiger partial charge in [0.05, 0.1) is 0 Å². The number of imidazole rings is 1. The van der Waals surface area contributed by atoms with Crippen molar-refractivity contribution in [2.75, 3.05) is 11.9 Å². The first-order valence-corrected chi connectivity index (χ1v) is 10.2. The zero-order valence-electron chi connectivity index (χ0n) is 17.5. The number of hydrogen-bond acceptors (Lipinski definition) is 7. The number of aromatic amines is 1. The highest BCUT2D eigenvalue weighted by Gasteiger charge is 2.44. The zero-order valence-corrected chi connectivity index (χ0v) is 17.5. The number of nitrogens with one attached hydrogen (secondary N) is 2. The molecule has 10 heteroatoms. The third kappa shape index (κ3) is 4.32. The summed E-state index contributed by atoms with van der Waals surface area (Å²) in [5.41, 5.74) is 2.55. The van der Waals surface area contributed by atoms with Crippen LogP contribution in [0.4, 0.5) is 5.82 Å². The van der Waals surface area contributed by atoms with Crippen LogP contribution in [0.3, 0.4) is 0 Å². The Morgan fingerprint density at radius 1 is 1.39 bits per heavy atom. The minimum atomic E-state index is -0.982. The van der Waals surface area contributed by atoms with E-state index in [4.69, 9.17) is 0 Å². The second kappa shape index (κ2) is 8.29. The maximum Gasteiger partial charge on any atom is 0.326 e. The van der Waals surface area contributed by atoms with Crippen molar-refractivity contribution in [3.8, 4) is 0 Å². The number of amides is 1. The molecule has 0 bridgehead atoms. The summed E-state index contributed by atoms with van der Waals surface area (Å²) in [5.74, 6) is 0.0336. The topological polar surface area (TPSA) is 136 Å². The largest absolute Gasteiger partial charge is 0.480 e. The average molecular weight is 423 g/mol. The van der Waals surface area contributed by atoms with Gasteiger partial charge in [-0.3, -0.25) is 9.79 Å². The smallest absolute Gasteiger partial charge is 0.326 e. The molecule has 1 amide bonds. The molecule has 162 valence electrons. The summed E-state index contributed by atoms with van der Waals surface area (Å²) >= 11 is 0. The highest BCUT2D eigenvalue weighted by atomic mass is 16.4. The number of carbonyl (C=O) groups is 2. The molecule has 2 aromatic heterocycles. The average Bonchev–Trinajstić information content (AvgIpc) is 3.34. The van der Waals surface area contributed by atoms with Crippen molar-refractivity contribution in [1.29, 1.82) is 0 Å². The molecule has 3 N–H and O–H groups in total. The van der Waals surface area contributed by atoms with E-state index in [2.05, 4.69) is 36.8 Å². The third-order valence-electron chi connectivity index (χ3n) is 5.43. The van der Waals surface area contributed by atoms with Crippen LogP contribution in [0.5, 0.6) is 0 Å². The van der Waals surface area contributed by atoms with Crippen LogP contribution in [-0.4, -0.2) is 66.7 Å². The summed E-state index contributed by atoms with van der Waals surface area (Å²) in [6.45, 7) is 7.77. The monoisotopic (exact) mass is 423 g/mol. The molecule has 0 radical (unpaired) electrons. The number of carboxylic acids is 1. The summed E-state index contributed by atoms with van der Waals surface area (Å²) in [7, 11) is 0. The Bertz CT molecular complexity index is 1100. The van der Waals surface area contributed by atoms with E-state index in [0.717, 1.165) is 18.4 Å². The highest BCUT2D eigenvalue weighted by Crippen LogP contribution is 2.34. The fourth-order valence-electron chi connectivity index (χ4n) is 3.70. The Morgan fingerprint density at radius 2 is 2.16 bits per heavy atom. The Labute approximate surface area is 179 Å². The van der Waals surface area contributed by atoms with Crippen molar-refractivity contribution < 1.29 is 14.7 Å². The van der Waals surface area contributed by atoms with E-state index in [1.165, 1.54) is 11.2 Å². The first-order chi connectivity index (χ1) is 14.9. The number of likely N-dealkylation sites (tertiary alicyclic amines) is 1. The number of aliphatic carboxylic acids is 1. The van der Waals surface area contributed by atoms with Crippen molar-refractivity contribution in [2.24, 2.45) is 10.9 Å². The Morgan fingerprint density at radius 3 is 2.81 bits per heavy atom. The molecular formula is C21H25N7O3. The maximum absolute atomic E-state index is 12.5. The van der Waals surface area contributed by atoms with Crippen molar-refractivity contribution in [3.05, 3.63) is 30.5 Å². The van der Waals surface area contributed by atoms with E-state index in [9.17, 15) is 14.7 Å². The van der Waals surface area contributed by atoms with E-state index >= 15 is 0 Å². The third-order valence-corrected chi connectivity index (χ3v) is 5.43. The van der Waals surface area contributed by atoms with Gasteiger partial charge in [-0.1, -0.05) is 12.7 Å². The first-order valence-electron chi connectivity index (χ1n) is 10.2. The van der Waals surface area contributed by atoms with Crippen LogP contribution in [0.2, 0.25) is 0 Å². The van der Waals surface area contributed by atoms with Gasteiger partial charge in [0, 0.05) is 42.4 Å². The van der Waals surface area contributed by atoms with Crippen molar-refractivity contribution >= 4 is 40.6 Å². The predicted molar refractivity (Wildman–Crippen MR) is 117 cm³/mol. The molecule has 0 spiro atoms. The minimum Gasteiger partial charge on any atom is -0.480 e. The molecule has 1 aliphatic carbocycles. The molecule has 2 atom stereocenters. The van der Waals surface area contributed by atoms with Crippen LogP contribution in [-0.2, 0) is 9.59 Å². The molecule has 4 rings (SSSR count). The fourth-order valence-corrected chi connectivity index (χ4v) is 3.70. The fraction of sp³-hybridized carbons (Fsp3) is 0.429. The number of allylic oxidation sites excluding steroid dienone is 3. The maximum atomic E-state index is 12.5. The van der Waals surface area contributed by atoms with E-state index in [1.54, 1.807) is 13.1 Å². The minimum absolute atomic E-state index is 0.0263. The van der Waals surface area contributed by atoms with Gasteiger partial charge >= 0.3 is 5.97 Å². The van der Waals surface area contributed by atoms with Gasteiger partial charge < -0.3 is 20.3 Å². The summed E-state index contributed by atoms with van der Waals surface area (Å²) < 4.78 is 0. The van der Waals surface area contributed by atoms with Crippen molar-refractivity contribution in [2.45, 2.75) is 45.2 Å². The SMILES string of the molecule is C=C(C)N=C/C(=C\C)c1nc2ncnc(NC3CC(C(=O)O)N(C(=O)C4CC4)C3)c2[nH]1. The normalized spacial score (nSPS) is 21.7. The van der Waals surface area contributed by atoms with Crippen molar-refractivity contribution in [1.82, 2.24) is 24.8 Å². The Hall–Kier alpha value is -3.56. The molecule has 31 heavy (non-hydrogen) atoms. The highest BCUT2D eigenvalue weighted by molar-refractivity contribution is 6.09. The standard InChI is InChI=1S/C21H25N7O3/c1-4-12(8-22-11(2)3)17-26-16-18(23-10-24-19(16)27-17)25-14-7-15(21(30)31)28(9-14)20(29)13-5-6-13/h4,8,10,13-15H,2,5-7,9H2,1,3H3,(H,30,31)(H2,23,24,25,26,27)/b12-4+,22-8?. The number of carboxylic acid groups (broad SMARTS) is 1. The van der Waals surface area contributed by atoms with Crippen LogP contribution in [0.25, 0.3) is 16.7 Å². The number of H-pyrrole nitrogens is 1. The molecule has 0 aromatic carbocycles. The van der Waals surface area contributed by atoms with Crippen LogP contribution in [0.15, 0.2) is 29.7 Å². The van der Waals surface area contributed by atoms with E-state index < -0.39 is 12.0 Å². The van der Waals surface area contributed by atoms with Gasteiger partial charge in [-0.2, -0.15) is 0 Å². The summed E-state index contributed by atoms with van der Waals surface area (Å²) in [5, 5.41) is 12.9. The zero-order chi connectivity index (χ0) is 22.1. The molecular weight excluding hydrogens is 398 g/mol. The lowest BCUT2D eigenvalue weighted by Crippen LogP contribution is -2.41. The van der Waals surface area contributed by atoms with Crippen LogP contribution < -0.4 is 5.32 Å². The summed E-state index contributed by atoms with van der Waals surface area (Å²) in [6, 6.07) is -1.06. The number of anilines is 1. The molecule has 2 unspecified atom stereocenters. The van der Waals surface area contributed by atoms with E-state index in [0.29, 0.717) is 41.5 Å². The van der Waals surface area contributed by atoms with Gasteiger partial charge in [-0.25, -0.2) is 19.7 Å². The van der Waals surface area contributed by atoms with Crippen LogP contribution in [0.1, 0.15) is 38.9 Å². The number of fused-ring (bicyclic) bond motifs is 1. The number of aromatic nitrogens is 4. The Kier molecular flexibility index (Phi) is 5.53. The van der Waals surface area contributed by atoms with Gasteiger partial charge in [-0.15, -0.1) is 0 Å². The lowest BCUT2D eigenvalue weighted by Gasteiger charge is -2.21. The number of aliphatic imine (C=N–C) groups is 1. The van der Waals surface area contributed by atoms with E-state index in [1.807, 2.05) is 13.0 Å². The summed E-state index contributed by atoms with van der Waals surface area (Å²) in [6.07, 6.45) is 6.95.